The van der Waals surface area contributed by atoms with Crippen molar-refractivity contribution in [3.05, 3.63) is 11.8 Å². The fraction of sp³-hybridized carbons (Fsp3) is 0.800. The van der Waals surface area contributed by atoms with Crippen LogP contribution in [0.5, 0.6) is 0 Å². The molecule has 0 spiro atoms. The average molecular weight is 288 g/mol. The van der Waals surface area contributed by atoms with Gasteiger partial charge in [0.1, 0.15) is 0 Å². The highest BCUT2D eigenvalue weighted by atomic mass is 35.6. The molecule has 88 valence electrons. The molecule has 0 aromatic carbocycles. The van der Waals surface area contributed by atoms with Gasteiger partial charge in [-0.25, -0.2) is 0 Å². The Morgan fingerprint density at radius 2 is 1.93 bits per heavy atom. The molecule has 0 saturated carbocycles. The van der Waals surface area contributed by atoms with Crippen LogP contribution in [0.25, 0.3) is 0 Å². The third-order valence-corrected chi connectivity index (χ3v) is 3.90. The third-order valence-electron chi connectivity index (χ3n) is 2.18. The average Bonchev–Trinajstić information content (AvgIpc) is 1.99. The summed E-state index contributed by atoms with van der Waals surface area (Å²) in [5.74, 6) is 0.999. The van der Waals surface area contributed by atoms with Crippen molar-refractivity contribution in [2.24, 2.45) is 5.92 Å². The molecule has 0 amide bonds. The van der Waals surface area contributed by atoms with Gasteiger partial charge in [-0.15, -0.1) is 0 Å². The minimum Gasteiger partial charge on any atom is -0.548 e. The van der Waals surface area contributed by atoms with Crippen molar-refractivity contribution in [3.63, 3.8) is 0 Å². The Morgan fingerprint density at radius 3 is 2.40 bits per heavy atom. The Morgan fingerprint density at radius 1 is 1.33 bits per heavy atom. The van der Waals surface area contributed by atoms with Crippen LogP contribution in [0.4, 0.5) is 0 Å². The van der Waals surface area contributed by atoms with Gasteiger partial charge in [-0.05, 0) is 38.6 Å². The summed E-state index contributed by atoms with van der Waals surface area (Å²) in [7, 11) is -1.53. The monoisotopic (exact) mass is 286 g/mol. The first kappa shape index (κ1) is 13.7. The number of rotatable bonds is 2. The molecule has 1 rings (SSSR count). The first-order valence-electron chi connectivity index (χ1n) is 5.15. The lowest BCUT2D eigenvalue weighted by Crippen LogP contribution is -2.28. The Kier molecular flexibility index (Phi) is 4.44. The second-order valence-electron chi connectivity index (χ2n) is 4.89. The number of hydrogen-bond acceptors (Lipinski definition) is 1. The largest absolute Gasteiger partial charge is 0.548 e. The maximum absolute atomic E-state index is 5.93. The zero-order valence-corrected chi connectivity index (χ0v) is 12.6. The van der Waals surface area contributed by atoms with E-state index in [4.69, 9.17) is 39.2 Å². The molecule has 0 bridgehead atoms. The predicted molar refractivity (Wildman–Crippen MR) is 70.1 cm³/mol. The lowest BCUT2D eigenvalue weighted by atomic mass is 9.96. The molecule has 5 heteroatoms. The summed E-state index contributed by atoms with van der Waals surface area (Å²) in [6.45, 7) is 6.48. The molecule has 1 atom stereocenters. The van der Waals surface area contributed by atoms with Gasteiger partial charge >= 0.3 is 0 Å². The second kappa shape index (κ2) is 4.87. The Hall–Kier alpha value is 0.627. The van der Waals surface area contributed by atoms with E-state index >= 15 is 0 Å². The van der Waals surface area contributed by atoms with E-state index in [2.05, 4.69) is 19.6 Å². The first-order chi connectivity index (χ1) is 6.68. The van der Waals surface area contributed by atoms with Gasteiger partial charge in [0.15, 0.2) is 3.79 Å². The topological polar surface area (TPSA) is 9.23 Å². The molecular formula is C10H17Cl3OSi. The van der Waals surface area contributed by atoms with E-state index in [0.717, 1.165) is 25.0 Å². The highest BCUT2D eigenvalue weighted by Crippen LogP contribution is 2.42. The number of allylic oxidation sites excluding steroid dienone is 2. The molecule has 1 unspecified atom stereocenters. The van der Waals surface area contributed by atoms with E-state index in [1.165, 1.54) is 0 Å². The second-order valence-corrected chi connectivity index (χ2v) is 11.7. The summed E-state index contributed by atoms with van der Waals surface area (Å²) in [6, 6.07) is 0. The van der Waals surface area contributed by atoms with Crippen LogP contribution in [0.1, 0.15) is 19.3 Å². The van der Waals surface area contributed by atoms with Gasteiger partial charge in [0.25, 0.3) is 0 Å². The third kappa shape index (κ3) is 4.99. The van der Waals surface area contributed by atoms with Gasteiger partial charge in [-0.1, -0.05) is 34.8 Å². The molecule has 0 fully saturated rings. The highest BCUT2D eigenvalue weighted by Gasteiger charge is 2.33. The first-order valence-corrected chi connectivity index (χ1v) is 9.69. The van der Waals surface area contributed by atoms with Crippen LogP contribution in [-0.4, -0.2) is 12.1 Å². The molecule has 0 aliphatic heterocycles. The summed E-state index contributed by atoms with van der Waals surface area (Å²) < 4.78 is 4.73. The summed E-state index contributed by atoms with van der Waals surface area (Å²) >= 11 is 17.7. The summed E-state index contributed by atoms with van der Waals surface area (Å²) in [6.07, 6.45) is 4.93. The van der Waals surface area contributed by atoms with E-state index in [9.17, 15) is 0 Å². The standard InChI is InChI=1S/C10H17Cl3OSi/c1-15(2,3)14-9-6-4-5-8(7-9)10(11,12)13/h7-8H,4-6H2,1-3H3. The molecule has 0 heterocycles. The van der Waals surface area contributed by atoms with Crippen molar-refractivity contribution >= 4 is 43.1 Å². The summed E-state index contributed by atoms with van der Waals surface area (Å²) in [5, 5.41) is 0. The quantitative estimate of drug-likeness (QED) is 0.519. The van der Waals surface area contributed by atoms with Gasteiger partial charge in [0, 0.05) is 12.3 Å². The van der Waals surface area contributed by atoms with Crippen LogP contribution in [0, 0.1) is 5.92 Å². The van der Waals surface area contributed by atoms with Crippen molar-refractivity contribution < 1.29 is 4.43 Å². The van der Waals surface area contributed by atoms with Crippen LogP contribution in [0.3, 0.4) is 0 Å². The normalized spacial score (nSPS) is 23.6. The SMILES string of the molecule is C[Si](C)(C)OC1=CC(C(Cl)(Cl)Cl)CCC1. The molecule has 1 nitrogen and oxygen atoms in total. The molecule has 0 N–H and O–H groups in total. The minimum atomic E-state index is -1.53. The predicted octanol–water partition coefficient (Wildman–Crippen LogP) is 4.89. The Labute approximate surface area is 108 Å². The zero-order valence-electron chi connectivity index (χ0n) is 9.32. The fourth-order valence-electron chi connectivity index (χ4n) is 1.62. The minimum absolute atomic E-state index is 0.0115. The molecular weight excluding hydrogens is 271 g/mol. The van der Waals surface area contributed by atoms with E-state index in [0.29, 0.717) is 0 Å². The van der Waals surface area contributed by atoms with Crippen LogP contribution in [0.15, 0.2) is 11.8 Å². The van der Waals surface area contributed by atoms with Gasteiger partial charge in [-0.2, -0.15) is 0 Å². The van der Waals surface area contributed by atoms with E-state index in [1.54, 1.807) is 0 Å². The van der Waals surface area contributed by atoms with Crippen molar-refractivity contribution in [1.82, 2.24) is 0 Å². The van der Waals surface area contributed by atoms with Crippen LogP contribution < -0.4 is 0 Å². The van der Waals surface area contributed by atoms with Crippen molar-refractivity contribution in [2.75, 3.05) is 0 Å². The molecule has 0 radical (unpaired) electrons. The van der Waals surface area contributed by atoms with Crippen molar-refractivity contribution in [2.45, 2.75) is 42.7 Å². The molecule has 0 aromatic heterocycles. The number of hydrogen-bond donors (Lipinski definition) is 0. The molecule has 1 aliphatic carbocycles. The lowest BCUT2D eigenvalue weighted by molar-refractivity contribution is 0.359. The molecule has 0 aromatic rings. The van der Waals surface area contributed by atoms with Crippen molar-refractivity contribution in [3.8, 4) is 0 Å². The van der Waals surface area contributed by atoms with Gasteiger partial charge in [-0.3, -0.25) is 0 Å². The summed E-state index contributed by atoms with van der Waals surface area (Å²) in [5.41, 5.74) is 0. The van der Waals surface area contributed by atoms with Gasteiger partial charge < -0.3 is 4.43 Å². The maximum Gasteiger partial charge on any atom is 0.241 e. The van der Waals surface area contributed by atoms with Crippen LogP contribution in [0.2, 0.25) is 19.6 Å². The van der Waals surface area contributed by atoms with E-state index in [-0.39, 0.29) is 5.92 Å². The highest BCUT2D eigenvalue weighted by molar-refractivity contribution is 6.70. The number of alkyl halides is 3. The molecule has 15 heavy (non-hydrogen) atoms. The molecule has 1 aliphatic rings. The summed E-state index contributed by atoms with van der Waals surface area (Å²) in [4.78, 5) is 0. The number of halogens is 3. The smallest absolute Gasteiger partial charge is 0.241 e. The van der Waals surface area contributed by atoms with Crippen LogP contribution in [-0.2, 0) is 4.43 Å². The van der Waals surface area contributed by atoms with Gasteiger partial charge in [0.05, 0.1) is 5.76 Å². The Balaban J connectivity index is 2.70. The maximum atomic E-state index is 5.93. The van der Waals surface area contributed by atoms with E-state index in [1.807, 2.05) is 6.08 Å². The molecule has 0 saturated heterocycles. The van der Waals surface area contributed by atoms with Crippen LogP contribution >= 0.6 is 34.8 Å². The Bertz CT molecular complexity index is 252. The van der Waals surface area contributed by atoms with E-state index < -0.39 is 12.1 Å². The lowest BCUT2D eigenvalue weighted by Gasteiger charge is -2.30. The zero-order chi connectivity index (χ0) is 11.7. The van der Waals surface area contributed by atoms with Gasteiger partial charge in [0.2, 0.25) is 8.32 Å². The van der Waals surface area contributed by atoms with Crippen molar-refractivity contribution in [1.29, 1.82) is 0 Å². The fourth-order valence-corrected chi connectivity index (χ4v) is 3.10.